The van der Waals surface area contributed by atoms with Gasteiger partial charge >= 0.3 is 0 Å². The molecule has 0 unspecified atom stereocenters. The molecule has 1 aromatic carbocycles. The first-order valence-corrected chi connectivity index (χ1v) is 6.88. The highest BCUT2D eigenvalue weighted by Gasteiger charge is 2.11. The van der Waals surface area contributed by atoms with Crippen molar-refractivity contribution >= 4 is 21.6 Å². The summed E-state index contributed by atoms with van der Waals surface area (Å²) >= 11 is 1.62. The summed E-state index contributed by atoms with van der Waals surface area (Å²) in [7, 11) is 0. The van der Waals surface area contributed by atoms with Gasteiger partial charge in [0.15, 0.2) is 11.3 Å². The van der Waals surface area contributed by atoms with Gasteiger partial charge in [-0.25, -0.2) is 0 Å². The molecular formula is C14H13NO3S. The van der Waals surface area contributed by atoms with E-state index in [4.69, 9.17) is 14.3 Å². The van der Waals surface area contributed by atoms with Crippen LogP contribution in [0.1, 0.15) is 13.8 Å². The topological polar surface area (TPSA) is 44.5 Å². The van der Waals surface area contributed by atoms with Crippen LogP contribution in [0.2, 0.25) is 0 Å². The molecule has 3 rings (SSSR count). The molecule has 0 aliphatic carbocycles. The van der Waals surface area contributed by atoms with Crippen LogP contribution in [0.15, 0.2) is 40.2 Å². The van der Waals surface area contributed by atoms with Crippen LogP contribution in [-0.2, 0) is 4.89 Å². The summed E-state index contributed by atoms with van der Waals surface area (Å²) in [6, 6.07) is 9.51. The molecule has 19 heavy (non-hydrogen) atoms. The van der Waals surface area contributed by atoms with Gasteiger partial charge in [-0.2, -0.15) is 4.89 Å². The lowest BCUT2D eigenvalue weighted by Crippen LogP contribution is -2.05. The predicted octanol–water partition coefficient (Wildman–Crippen LogP) is 4.28. The Morgan fingerprint density at radius 2 is 1.95 bits per heavy atom. The molecule has 0 aliphatic rings. The molecule has 4 nitrogen and oxygen atoms in total. The lowest BCUT2D eigenvalue weighted by Gasteiger charge is -2.07. The van der Waals surface area contributed by atoms with Gasteiger partial charge in [0.05, 0.1) is 6.10 Å². The summed E-state index contributed by atoms with van der Waals surface area (Å²) in [6.45, 7) is 3.83. The minimum absolute atomic E-state index is 0.0287. The zero-order valence-corrected chi connectivity index (χ0v) is 11.4. The van der Waals surface area contributed by atoms with Crippen LogP contribution < -0.4 is 4.89 Å². The average molecular weight is 275 g/mol. The summed E-state index contributed by atoms with van der Waals surface area (Å²) < 4.78 is 6.32. The monoisotopic (exact) mass is 275 g/mol. The number of hydrogen-bond acceptors (Lipinski definition) is 5. The smallest absolute Gasteiger partial charge is 0.178 e. The first kappa shape index (κ1) is 12.2. The molecule has 0 bridgehead atoms. The van der Waals surface area contributed by atoms with Gasteiger partial charge in [0.25, 0.3) is 0 Å². The Hall–Kier alpha value is -1.85. The third-order valence-corrected chi connectivity index (χ3v) is 3.45. The fourth-order valence-corrected chi connectivity index (χ4v) is 2.50. The van der Waals surface area contributed by atoms with Gasteiger partial charge in [-0.1, -0.05) is 5.16 Å². The van der Waals surface area contributed by atoms with Crippen LogP contribution in [0, 0.1) is 0 Å². The molecule has 2 heterocycles. The van der Waals surface area contributed by atoms with Crippen LogP contribution in [0.5, 0.6) is 5.75 Å². The van der Waals surface area contributed by atoms with E-state index in [1.807, 2.05) is 49.6 Å². The van der Waals surface area contributed by atoms with Crippen LogP contribution in [0.4, 0.5) is 0 Å². The minimum Gasteiger partial charge on any atom is -0.355 e. The van der Waals surface area contributed by atoms with E-state index < -0.39 is 0 Å². The highest BCUT2D eigenvalue weighted by atomic mass is 32.1. The second kappa shape index (κ2) is 5.03. The molecule has 3 aromatic rings. The van der Waals surface area contributed by atoms with Gasteiger partial charge in [0, 0.05) is 5.56 Å². The van der Waals surface area contributed by atoms with E-state index in [1.165, 1.54) is 0 Å². The van der Waals surface area contributed by atoms with E-state index in [1.54, 1.807) is 11.3 Å². The lowest BCUT2D eigenvalue weighted by molar-refractivity contribution is -0.234. The van der Waals surface area contributed by atoms with Gasteiger partial charge < -0.3 is 9.41 Å². The van der Waals surface area contributed by atoms with Crippen molar-refractivity contribution in [3.8, 4) is 17.0 Å². The lowest BCUT2D eigenvalue weighted by atomic mass is 10.1. The zero-order chi connectivity index (χ0) is 13.2. The van der Waals surface area contributed by atoms with E-state index in [2.05, 4.69) is 5.16 Å². The molecule has 0 fully saturated rings. The Bertz CT molecular complexity index is 669. The molecule has 0 saturated carbocycles. The van der Waals surface area contributed by atoms with Crippen molar-refractivity contribution in [3.63, 3.8) is 0 Å². The maximum absolute atomic E-state index is 5.26. The van der Waals surface area contributed by atoms with Crippen molar-refractivity contribution in [3.05, 3.63) is 35.7 Å². The highest BCUT2D eigenvalue weighted by Crippen LogP contribution is 2.32. The molecule has 2 aromatic heterocycles. The number of aromatic nitrogens is 1. The van der Waals surface area contributed by atoms with Crippen molar-refractivity contribution in [2.75, 3.05) is 0 Å². The largest absolute Gasteiger partial charge is 0.355 e. The molecule has 0 spiro atoms. The second-order valence-corrected chi connectivity index (χ2v) is 5.31. The van der Waals surface area contributed by atoms with Crippen molar-refractivity contribution in [1.29, 1.82) is 0 Å². The van der Waals surface area contributed by atoms with Gasteiger partial charge in [-0.05, 0) is 49.6 Å². The Morgan fingerprint density at radius 1 is 1.16 bits per heavy atom. The number of benzene rings is 1. The molecule has 0 amide bonds. The minimum atomic E-state index is 0.0287. The number of fused-ring (bicyclic) bond motifs is 1. The Kier molecular flexibility index (Phi) is 3.23. The van der Waals surface area contributed by atoms with Crippen LogP contribution in [-0.4, -0.2) is 11.3 Å². The number of nitrogens with zero attached hydrogens (tertiary/aromatic N) is 1. The normalized spacial score (nSPS) is 11.3. The zero-order valence-electron chi connectivity index (χ0n) is 10.6. The fraction of sp³-hybridized carbons (Fsp3) is 0.214. The van der Waals surface area contributed by atoms with Crippen molar-refractivity contribution in [2.24, 2.45) is 0 Å². The van der Waals surface area contributed by atoms with Crippen LogP contribution in [0.3, 0.4) is 0 Å². The van der Waals surface area contributed by atoms with Gasteiger partial charge in [0.1, 0.15) is 10.4 Å². The second-order valence-electron chi connectivity index (χ2n) is 4.40. The Balaban J connectivity index is 1.84. The van der Waals surface area contributed by atoms with E-state index in [0.29, 0.717) is 5.75 Å². The molecular weight excluding hydrogens is 262 g/mol. The maximum Gasteiger partial charge on any atom is 0.178 e. The Labute approximate surface area is 114 Å². The predicted molar refractivity (Wildman–Crippen MR) is 74.2 cm³/mol. The summed E-state index contributed by atoms with van der Waals surface area (Å²) in [5.74, 6) is 0.670. The number of rotatable bonds is 4. The third-order valence-electron chi connectivity index (χ3n) is 2.54. The van der Waals surface area contributed by atoms with Gasteiger partial charge in [-0.3, -0.25) is 0 Å². The fourth-order valence-electron chi connectivity index (χ4n) is 1.68. The van der Waals surface area contributed by atoms with E-state index >= 15 is 0 Å². The van der Waals surface area contributed by atoms with Crippen molar-refractivity contribution < 1.29 is 14.3 Å². The molecule has 98 valence electrons. The SMILES string of the molecule is CC(C)OOc1ccc(-c2noc3ccsc23)cc1. The molecule has 0 atom stereocenters. The molecule has 5 heteroatoms. The molecule has 0 aliphatic heterocycles. The van der Waals surface area contributed by atoms with Crippen molar-refractivity contribution in [2.45, 2.75) is 20.0 Å². The van der Waals surface area contributed by atoms with Crippen molar-refractivity contribution in [1.82, 2.24) is 5.16 Å². The summed E-state index contributed by atoms with van der Waals surface area (Å²) in [6.07, 6.45) is 0.0287. The summed E-state index contributed by atoms with van der Waals surface area (Å²) in [5, 5.41) is 6.09. The highest BCUT2D eigenvalue weighted by molar-refractivity contribution is 7.17. The van der Waals surface area contributed by atoms with Gasteiger partial charge in [0.2, 0.25) is 0 Å². The van der Waals surface area contributed by atoms with E-state index in [9.17, 15) is 0 Å². The van der Waals surface area contributed by atoms with E-state index in [-0.39, 0.29) is 6.10 Å². The first-order valence-electron chi connectivity index (χ1n) is 6.00. The summed E-state index contributed by atoms with van der Waals surface area (Å²) in [4.78, 5) is 10.3. The standard InChI is InChI=1S/C14H13NO3S/c1-9(2)17-18-11-5-3-10(4-6-11)13-14-12(16-15-13)7-8-19-14/h3-9H,1-2H3. The number of hydrogen-bond donors (Lipinski definition) is 0. The average Bonchev–Trinajstić information content (AvgIpc) is 2.99. The van der Waals surface area contributed by atoms with Gasteiger partial charge in [-0.15, -0.1) is 11.3 Å². The molecule has 0 N–H and O–H groups in total. The Morgan fingerprint density at radius 3 is 2.68 bits per heavy atom. The first-order chi connectivity index (χ1) is 9.24. The van der Waals surface area contributed by atoms with E-state index in [0.717, 1.165) is 21.5 Å². The van der Waals surface area contributed by atoms with Crippen LogP contribution in [0.25, 0.3) is 21.5 Å². The summed E-state index contributed by atoms with van der Waals surface area (Å²) in [5.41, 5.74) is 2.68. The van der Waals surface area contributed by atoms with Crippen LogP contribution >= 0.6 is 11.3 Å². The quantitative estimate of drug-likeness (QED) is 0.526. The molecule has 0 radical (unpaired) electrons. The maximum atomic E-state index is 5.26. The molecule has 0 saturated heterocycles. The number of thiophene rings is 1. The third kappa shape index (κ3) is 2.47.